The van der Waals surface area contributed by atoms with Crippen LogP contribution in [-0.4, -0.2) is 11.9 Å². The molecule has 0 radical (unpaired) electrons. The molecule has 1 aliphatic carbocycles. The van der Waals surface area contributed by atoms with Crippen molar-refractivity contribution in [2.24, 2.45) is 11.8 Å². The van der Waals surface area contributed by atoms with Gasteiger partial charge in [-0.1, -0.05) is 50.1 Å². The molecule has 1 atom stereocenters. The minimum Gasteiger partial charge on any atom is -0.353 e. The van der Waals surface area contributed by atoms with Gasteiger partial charge in [0.2, 0.25) is 5.91 Å². The van der Waals surface area contributed by atoms with Crippen molar-refractivity contribution >= 4 is 5.91 Å². The summed E-state index contributed by atoms with van der Waals surface area (Å²) in [7, 11) is 0. The third-order valence-electron chi connectivity index (χ3n) is 4.40. The summed E-state index contributed by atoms with van der Waals surface area (Å²) in [4.78, 5) is 12.1. The monoisotopic (exact) mass is 273 g/mol. The van der Waals surface area contributed by atoms with Gasteiger partial charge in [-0.3, -0.25) is 4.79 Å². The zero-order valence-electron chi connectivity index (χ0n) is 12.8. The van der Waals surface area contributed by atoms with E-state index in [9.17, 15) is 4.79 Å². The van der Waals surface area contributed by atoms with E-state index in [0.717, 1.165) is 12.3 Å². The summed E-state index contributed by atoms with van der Waals surface area (Å²) >= 11 is 0. The number of hydrogen-bond donors (Lipinski definition) is 1. The van der Waals surface area contributed by atoms with E-state index in [2.05, 4.69) is 31.3 Å². The largest absolute Gasteiger partial charge is 0.353 e. The van der Waals surface area contributed by atoms with Gasteiger partial charge in [0.15, 0.2) is 0 Å². The standard InChI is InChI=1S/C18H27NO/c1-14-8-10-17(11-9-14)13-18(20)19-15(2)12-16-6-4-3-5-7-16/h3-7,14-15,17H,8-13H2,1-2H3,(H,19,20). The average molecular weight is 273 g/mol. The van der Waals surface area contributed by atoms with E-state index in [1.165, 1.54) is 31.2 Å². The molecule has 1 aromatic carbocycles. The maximum atomic E-state index is 12.1. The van der Waals surface area contributed by atoms with E-state index in [1.54, 1.807) is 0 Å². The van der Waals surface area contributed by atoms with Crippen molar-refractivity contribution < 1.29 is 4.79 Å². The molecule has 1 aromatic rings. The predicted octanol–water partition coefficient (Wildman–Crippen LogP) is 3.95. The second-order valence-electron chi connectivity index (χ2n) is 6.49. The van der Waals surface area contributed by atoms with E-state index < -0.39 is 0 Å². The van der Waals surface area contributed by atoms with Gasteiger partial charge in [0.25, 0.3) is 0 Å². The lowest BCUT2D eigenvalue weighted by Crippen LogP contribution is -2.35. The van der Waals surface area contributed by atoms with E-state index in [0.29, 0.717) is 12.3 Å². The molecule has 1 amide bonds. The highest BCUT2D eigenvalue weighted by molar-refractivity contribution is 5.76. The predicted molar refractivity (Wildman–Crippen MR) is 83.5 cm³/mol. The molecule has 1 saturated carbocycles. The van der Waals surface area contributed by atoms with E-state index in [1.807, 2.05) is 18.2 Å². The van der Waals surface area contributed by atoms with Crippen molar-refractivity contribution in [3.8, 4) is 0 Å². The quantitative estimate of drug-likeness (QED) is 0.864. The van der Waals surface area contributed by atoms with Crippen molar-refractivity contribution in [3.63, 3.8) is 0 Å². The second-order valence-corrected chi connectivity index (χ2v) is 6.49. The molecule has 1 N–H and O–H groups in total. The Kier molecular flexibility index (Phi) is 5.63. The van der Waals surface area contributed by atoms with E-state index >= 15 is 0 Å². The number of hydrogen-bond acceptors (Lipinski definition) is 1. The summed E-state index contributed by atoms with van der Waals surface area (Å²) < 4.78 is 0. The number of benzene rings is 1. The van der Waals surface area contributed by atoms with Crippen molar-refractivity contribution in [2.75, 3.05) is 0 Å². The number of carbonyl (C=O) groups excluding carboxylic acids is 1. The molecule has 110 valence electrons. The summed E-state index contributed by atoms with van der Waals surface area (Å²) in [6, 6.07) is 10.6. The van der Waals surface area contributed by atoms with E-state index in [4.69, 9.17) is 0 Å². The Labute approximate surface area is 123 Å². The van der Waals surface area contributed by atoms with Gasteiger partial charge in [-0.25, -0.2) is 0 Å². The zero-order valence-corrected chi connectivity index (χ0v) is 12.8. The number of carbonyl (C=O) groups is 1. The minimum atomic E-state index is 0.215. The highest BCUT2D eigenvalue weighted by atomic mass is 16.1. The lowest BCUT2D eigenvalue weighted by Gasteiger charge is -2.26. The molecule has 0 spiro atoms. The van der Waals surface area contributed by atoms with Gasteiger partial charge in [-0.2, -0.15) is 0 Å². The van der Waals surface area contributed by atoms with Crippen LogP contribution in [0.1, 0.15) is 51.5 Å². The van der Waals surface area contributed by atoms with Crippen LogP contribution in [0, 0.1) is 11.8 Å². The molecule has 2 rings (SSSR count). The Balaban J connectivity index is 1.71. The van der Waals surface area contributed by atoms with Crippen LogP contribution in [0.2, 0.25) is 0 Å². The molecular formula is C18H27NO. The number of amides is 1. The number of nitrogens with one attached hydrogen (secondary N) is 1. The Bertz CT molecular complexity index is 407. The molecule has 1 fully saturated rings. The molecule has 2 nitrogen and oxygen atoms in total. The van der Waals surface area contributed by atoms with Crippen LogP contribution in [0.3, 0.4) is 0 Å². The van der Waals surface area contributed by atoms with Crippen molar-refractivity contribution in [2.45, 2.75) is 58.4 Å². The summed E-state index contributed by atoms with van der Waals surface area (Å²) in [6.45, 7) is 4.41. The average Bonchev–Trinajstić information content (AvgIpc) is 2.42. The number of rotatable bonds is 5. The van der Waals surface area contributed by atoms with Crippen LogP contribution < -0.4 is 5.32 Å². The van der Waals surface area contributed by atoms with Crippen LogP contribution in [0.15, 0.2) is 30.3 Å². The SMILES string of the molecule is CC1CCC(CC(=O)NC(C)Cc2ccccc2)CC1. The fraction of sp³-hybridized carbons (Fsp3) is 0.611. The first kappa shape index (κ1) is 15.1. The Morgan fingerprint density at radius 2 is 1.85 bits per heavy atom. The van der Waals surface area contributed by atoms with Gasteiger partial charge in [-0.15, -0.1) is 0 Å². The summed E-state index contributed by atoms with van der Waals surface area (Å²) in [5.41, 5.74) is 1.28. The van der Waals surface area contributed by atoms with Crippen LogP contribution in [-0.2, 0) is 11.2 Å². The van der Waals surface area contributed by atoms with Crippen molar-refractivity contribution in [1.29, 1.82) is 0 Å². The van der Waals surface area contributed by atoms with Gasteiger partial charge in [-0.05, 0) is 43.6 Å². The van der Waals surface area contributed by atoms with Crippen molar-refractivity contribution in [3.05, 3.63) is 35.9 Å². The lowest BCUT2D eigenvalue weighted by molar-refractivity contribution is -0.122. The third-order valence-corrected chi connectivity index (χ3v) is 4.40. The second kappa shape index (κ2) is 7.47. The zero-order chi connectivity index (χ0) is 14.4. The first-order valence-corrected chi connectivity index (χ1v) is 7.96. The molecule has 0 heterocycles. The first-order chi connectivity index (χ1) is 9.63. The highest BCUT2D eigenvalue weighted by Gasteiger charge is 2.21. The van der Waals surface area contributed by atoms with E-state index in [-0.39, 0.29) is 11.9 Å². The molecule has 0 aliphatic heterocycles. The topological polar surface area (TPSA) is 29.1 Å². The first-order valence-electron chi connectivity index (χ1n) is 7.96. The Morgan fingerprint density at radius 1 is 1.20 bits per heavy atom. The summed E-state index contributed by atoms with van der Waals surface area (Å²) in [5, 5.41) is 3.15. The smallest absolute Gasteiger partial charge is 0.220 e. The maximum absolute atomic E-state index is 12.1. The van der Waals surface area contributed by atoms with Crippen LogP contribution >= 0.6 is 0 Å². The molecule has 1 unspecified atom stereocenters. The molecule has 0 saturated heterocycles. The normalized spacial score (nSPS) is 24.1. The molecule has 20 heavy (non-hydrogen) atoms. The van der Waals surface area contributed by atoms with Gasteiger partial charge in [0.1, 0.15) is 0 Å². The van der Waals surface area contributed by atoms with Crippen LogP contribution in [0.5, 0.6) is 0 Å². The van der Waals surface area contributed by atoms with Gasteiger partial charge in [0, 0.05) is 12.5 Å². The fourth-order valence-electron chi connectivity index (χ4n) is 3.15. The Hall–Kier alpha value is -1.31. The molecule has 2 heteroatoms. The highest BCUT2D eigenvalue weighted by Crippen LogP contribution is 2.30. The summed E-state index contributed by atoms with van der Waals surface area (Å²) in [6.07, 6.45) is 6.65. The molecule has 0 bridgehead atoms. The summed E-state index contributed by atoms with van der Waals surface area (Å²) in [5.74, 6) is 1.69. The molecular weight excluding hydrogens is 246 g/mol. The van der Waals surface area contributed by atoms with Gasteiger partial charge < -0.3 is 5.32 Å². The lowest BCUT2D eigenvalue weighted by atomic mass is 9.81. The maximum Gasteiger partial charge on any atom is 0.220 e. The van der Waals surface area contributed by atoms with Crippen LogP contribution in [0.4, 0.5) is 0 Å². The third kappa shape index (κ3) is 4.99. The minimum absolute atomic E-state index is 0.215. The molecule has 1 aliphatic rings. The Morgan fingerprint density at radius 3 is 2.50 bits per heavy atom. The van der Waals surface area contributed by atoms with Crippen molar-refractivity contribution in [1.82, 2.24) is 5.32 Å². The van der Waals surface area contributed by atoms with Gasteiger partial charge in [0.05, 0.1) is 0 Å². The fourth-order valence-corrected chi connectivity index (χ4v) is 3.15. The van der Waals surface area contributed by atoms with Gasteiger partial charge >= 0.3 is 0 Å². The van der Waals surface area contributed by atoms with Crippen LogP contribution in [0.25, 0.3) is 0 Å². The molecule has 0 aromatic heterocycles.